The van der Waals surface area contributed by atoms with E-state index in [1.165, 1.54) is 0 Å². The molecule has 1 aliphatic heterocycles. The van der Waals surface area contributed by atoms with E-state index in [1.54, 1.807) is 20.3 Å². The highest BCUT2D eigenvalue weighted by molar-refractivity contribution is 5.81. The van der Waals surface area contributed by atoms with Crippen LogP contribution in [0, 0.1) is 5.92 Å². The van der Waals surface area contributed by atoms with Gasteiger partial charge < -0.3 is 19.3 Å². The molecule has 0 spiro atoms. The average Bonchev–Trinajstić information content (AvgIpc) is 3.39. The molecule has 120 valence electrons. The third-order valence-corrected chi connectivity index (χ3v) is 4.10. The molecule has 7 heteroatoms. The Morgan fingerprint density at radius 3 is 2.36 bits per heavy atom. The Labute approximate surface area is 130 Å². The third-order valence-electron chi connectivity index (χ3n) is 4.10. The van der Waals surface area contributed by atoms with Crippen LogP contribution >= 0.6 is 0 Å². The lowest BCUT2D eigenvalue weighted by Crippen LogP contribution is -2.36. The third kappa shape index (κ3) is 3.23. The summed E-state index contributed by atoms with van der Waals surface area (Å²) in [6.45, 7) is 3.09. The van der Waals surface area contributed by atoms with Crippen molar-refractivity contribution in [2.75, 3.05) is 45.3 Å². The van der Waals surface area contributed by atoms with Crippen LogP contribution in [0.15, 0.2) is 6.07 Å². The summed E-state index contributed by atoms with van der Waals surface area (Å²) >= 11 is 0. The molecule has 1 saturated carbocycles. The lowest BCUT2D eigenvalue weighted by Gasteiger charge is -2.22. The number of nitrogens with zero attached hydrogens (tertiary/aromatic N) is 4. The minimum Gasteiger partial charge on any atom is -0.481 e. The maximum atomic E-state index is 12.2. The van der Waals surface area contributed by atoms with Crippen molar-refractivity contribution < 1.29 is 14.3 Å². The molecule has 1 aromatic heterocycles. The van der Waals surface area contributed by atoms with Gasteiger partial charge in [-0.05, 0) is 19.3 Å². The number of amides is 1. The summed E-state index contributed by atoms with van der Waals surface area (Å²) in [7, 11) is 3.15. The molecule has 1 amide bonds. The van der Waals surface area contributed by atoms with Gasteiger partial charge in [0.25, 0.3) is 0 Å². The van der Waals surface area contributed by atoms with E-state index < -0.39 is 0 Å². The van der Waals surface area contributed by atoms with Crippen molar-refractivity contribution in [2.24, 2.45) is 5.92 Å². The first kappa shape index (κ1) is 14.9. The van der Waals surface area contributed by atoms with Gasteiger partial charge in [-0.1, -0.05) is 0 Å². The lowest BCUT2D eigenvalue weighted by molar-refractivity contribution is -0.132. The minimum absolute atomic E-state index is 0.278. The van der Waals surface area contributed by atoms with E-state index in [4.69, 9.17) is 9.47 Å². The van der Waals surface area contributed by atoms with E-state index in [9.17, 15) is 4.79 Å². The smallest absolute Gasteiger partial charge is 0.232 e. The molecule has 2 aliphatic rings. The van der Waals surface area contributed by atoms with Gasteiger partial charge in [0.2, 0.25) is 23.6 Å². The highest BCUT2D eigenvalue weighted by Crippen LogP contribution is 2.31. The minimum atomic E-state index is 0.278. The van der Waals surface area contributed by atoms with Crippen molar-refractivity contribution in [1.29, 1.82) is 0 Å². The van der Waals surface area contributed by atoms with Gasteiger partial charge in [0.15, 0.2) is 0 Å². The number of ether oxygens (including phenoxy) is 2. The number of hydrogen-bond donors (Lipinski definition) is 0. The SMILES string of the molecule is COc1cc(OC)nc(N2CCCN(C(=O)C3CC3)CC2)n1. The standard InChI is InChI=1S/C15H22N4O3/c1-21-12-10-13(22-2)17-15(16-12)19-7-3-6-18(8-9-19)14(20)11-4-5-11/h10-11H,3-9H2,1-2H3. The van der Waals surface area contributed by atoms with Crippen LogP contribution < -0.4 is 14.4 Å². The van der Waals surface area contributed by atoms with Crippen LogP contribution in [-0.2, 0) is 4.79 Å². The summed E-state index contributed by atoms with van der Waals surface area (Å²) in [5.41, 5.74) is 0. The molecule has 2 fully saturated rings. The van der Waals surface area contributed by atoms with E-state index in [-0.39, 0.29) is 5.92 Å². The Morgan fingerprint density at radius 2 is 1.77 bits per heavy atom. The highest BCUT2D eigenvalue weighted by Gasteiger charge is 2.34. The van der Waals surface area contributed by atoms with Crippen LogP contribution in [0.2, 0.25) is 0 Å². The zero-order chi connectivity index (χ0) is 15.5. The summed E-state index contributed by atoms with van der Waals surface area (Å²) < 4.78 is 10.4. The zero-order valence-corrected chi connectivity index (χ0v) is 13.1. The molecule has 0 N–H and O–H groups in total. The van der Waals surface area contributed by atoms with Crippen molar-refractivity contribution in [2.45, 2.75) is 19.3 Å². The fourth-order valence-corrected chi connectivity index (χ4v) is 2.67. The number of carbonyl (C=O) groups is 1. The summed E-state index contributed by atoms with van der Waals surface area (Å²) in [5, 5.41) is 0. The van der Waals surface area contributed by atoms with Crippen molar-refractivity contribution in [3.8, 4) is 11.8 Å². The number of aromatic nitrogens is 2. The fraction of sp³-hybridized carbons (Fsp3) is 0.667. The molecule has 3 rings (SSSR count). The molecule has 2 heterocycles. The Hall–Kier alpha value is -2.05. The maximum Gasteiger partial charge on any atom is 0.232 e. The first-order valence-electron chi connectivity index (χ1n) is 7.72. The van der Waals surface area contributed by atoms with Gasteiger partial charge in [0.1, 0.15) is 0 Å². The monoisotopic (exact) mass is 306 g/mol. The molecule has 0 unspecified atom stereocenters. The predicted octanol–water partition coefficient (Wildman–Crippen LogP) is 0.942. The molecule has 0 bridgehead atoms. The largest absolute Gasteiger partial charge is 0.481 e. The first-order chi connectivity index (χ1) is 10.7. The zero-order valence-electron chi connectivity index (χ0n) is 13.1. The van der Waals surface area contributed by atoms with Gasteiger partial charge in [0.05, 0.1) is 20.3 Å². The van der Waals surface area contributed by atoms with Crippen molar-refractivity contribution in [1.82, 2.24) is 14.9 Å². The molecule has 0 atom stereocenters. The normalized spacial score (nSPS) is 18.8. The Balaban J connectivity index is 1.71. The van der Waals surface area contributed by atoms with E-state index in [0.717, 1.165) is 45.4 Å². The van der Waals surface area contributed by atoms with E-state index in [0.29, 0.717) is 23.6 Å². The highest BCUT2D eigenvalue weighted by atomic mass is 16.5. The predicted molar refractivity (Wildman–Crippen MR) is 81.3 cm³/mol. The number of carbonyl (C=O) groups excluding carboxylic acids is 1. The van der Waals surface area contributed by atoms with Gasteiger partial charge in [-0.15, -0.1) is 0 Å². The van der Waals surface area contributed by atoms with Crippen LogP contribution in [0.3, 0.4) is 0 Å². The van der Waals surface area contributed by atoms with E-state index in [2.05, 4.69) is 14.9 Å². The van der Waals surface area contributed by atoms with Crippen LogP contribution in [0.4, 0.5) is 5.95 Å². The van der Waals surface area contributed by atoms with E-state index >= 15 is 0 Å². The van der Waals surface area contributed by atoms with Crippen LogP contribution in [-0.4, -0.2) is 61.2 Å². The van der Waals surface area contributed by atoms with Crippen molar-refractivity contribution >= 4 is 11.9 Å². The van der Waals surface area contributed by atoms with E-state index in [1.807, 2.05) is 4.90 Å². The van der Waals surface area contributed by atoms with Crippen LogP contribution in [0.5, 0.6) is 11.8 Å². The number of methoxy groups -OCH3 is 2. The second kappa shape index (κ2) is 6.37. The summed E-state index contributed by atoms with van der Waals surface area (Å²) in [4.78, 5) is 25.0. The first-order valence-corrected chi connectivity index (χ1v) is 7.72. The number of hydrogen-bond acceptors (Lipinski definition) is 6. The van der Waals surface area contributed by atoms with Gasteiger partial charge in [-0.2, -0.15) is 9.97 Å². The average molecular weight is 306 g/mol. The topological polar surface area (TPSA) is 67.8 Å². The Morgan fingerprint density at radius 1 is 1.09 bits per heavy atom. The molecule has 22 heavy (non-hydrogen) atoms. The van der Waals surface area contributed by atoms with Gasteiger partial charge in [0, 0.05) is 32.1 Å². The molecular formula is C15H22N4O3. The molecule has 0 aromatic carbocycles. The molecular weight excluding hydrogens is 284 g/mol. The number of rotatable bonds is 4. The molecule has 0 radical (unpaired) electrons. The molecule has 1 aromatic rings. The number of anilines is 1. The van der Waals surface area contributed by atoms with Crippen LogP contribution in [0.25, 0.3) is 0 Å². The second-order valence-electron chi connectivity index (χ2n) is 5.69. The maximum absolute atomic E-state index is 12.2. The van der Waals surface area contributed by atoms with Crippen molar-refractivity contribution in [3.63, 3.8) is 0 Å². The Kier molecular flexibility index (Phi) is 4.31. The van der Waals surface area contributed by atoms with Crippen molar-refractivity contribution in [3.05, 3.63) is 6.07 Å². The quantitative estimate of drug-likeness (QED) is 0.825. The fourth-order valence-electron chi connectivity index (χ4n) is 2.67. The van der Waals surface area contributed by atoms with Gasteiger partial charge >= 0.3 is 0 Å². The summed E-state index contributed by atoms with van der Waals surface area (Å²) in [6.07, 6.45) is 3.02. The van der Waals surface area contributed by atoms with Gasteiger partial charge in [-0.25, -0.2) is 0 Å². The van der Waals surface area contributed by atoms with Gasteiger partial charge in [-0.3, -0.25) is 4.79 Å². The summed E-state index contributed by atoms with van der Waals surface area (Å²) in [6, 6.07) is 1.66. The second-order valence-corrected chi connectivity index (χ2v) is 5.69. The molecule has 7 nitrogen and oxygen atoms in total. The Bertz CT molecular complexity index is 525. The lowest BCUT2D eigenvalue weighted by atomic mass is 10.3. The molecule has 1 saturated heterocycles. The summed E-state index contributed by atoms with van der Waals surface area (Å²) in [5.74, 6) is 2.15. The molecule has 1 aliphatic carbocycles. The van der Waals surface area contributed by atoms with Crippen LogP contribution in [0.1, 0.15) is 19.3 Å².